The van der Waals surface area contributed by atoms with Crippen LogP contribution in [0, 0.1) is 19.7 Å². The molecule has 3 rings (SSSR count). The summed E-state index contributed by atoms with van der Waals surface area (Å²) in [6.07, 6.45) is -0.241. The van der Waals surface area contributed by atoms with E-state index in [0.29, 0.717) is 29.2 Å². The second-order valence-electron chi connectivity index (χ2n) is 5.86. The molecule has 1 amide bonds. The van der Waals surface area contributed by atoms with Crippen molar-refractivity contribution in [3.63, 3.8) is 0 Å². The number of aliphatic hydroxyl groups is 1. The molecule has 1 saturated heterocycles. The van der Waals surface area contributed by atoms with Crippen LogP contribution in [0.4, 0.5) is 4.39 Å². The van der Waals surface area contributed by atoms with Crippen molar-refractivity contribution in [1.29, 1.82) is 0 Å². The van der Waals surface area contributed by atoms with Gasteiger partial charge in [0.1, 0.15) is 17.3 Å². The van der Waals surface area contributed by atoms with Crippen molar-refractivity contribution < 1.29 is 14.3 Å². The number of halogens is 1. The highest BCUT2D eigenvalue weighted by Gasteiger charge is 2.36. The highest BCUT2D eigenvalue weighted by molar-refractivity contribution is 5.93. The molecule has 2 heterocycles. The van der Waals surface area contributed by atoms with Crippen molar-refractivity contribution in [3.8, 4) is 0 Å². The first-order valence-corrected chi connectivity index (χ1v) is 7.51. The third-order valence-electron chi connectivity index (χ3n) is 3.96. The lowest BCUT2D eigenvalue weighted by molar-refractivity contribution is 0.0709. The molecule has 6 heteroatoms. The van der Waals surface area contributed by atoms with E-state index in [1.807, 2.05) is 0 Å². The van der Waals surface area contributed by atoms with E-state index in [4.69, 9.17) is 0 Å². The van der Waals surface area contributed by atoms with Gasteiger partial charge in [-0.15, -0.1) is 0 Å². The molecule has 2 aromatic rings. The zero-order valence-electron chi connectivity index (χ0n) is 13.0. The Labute approximate surface area is 133 Å². The van der Waals surface area contributed by atoms with E-state index in [0.717, 1.165) is 0 Å². The van der Waals surface area contributed by atoms with E-state index < -0.39 is 6.10 Å². The van der Waals surface area contributed by atoms with Crippen LogP contribution in [-0.4, -0.2) is 38.5 Å². The zero-order valence-corrected chi connectivity index (χ0v) is 13.0. The largest absolute Gasteiger partial charge is 0.391 e. The lowest BCUT2D eigenvalue weighted by Crippen LogP contribution is -2.32. The van der Waals surface area contributed by atoms with Crippen LogP contribution in [0.1, 0.15) is 40.0 Å². The molecule has 1 aromatic carbocycles. The molecular weight excluding hydrogens is 297 g/mol. The van der Waals surface area contributed by atoms with Gasteiger partial charge in [0.2, 0.25) is 0 Å². The van der Waals surface area contributed by atoms with Crippen molar-refractivity contribution >= 4 is 5.91 Å². The highest BCUT2D eigenvalue weighted by atomic mass is 19.1. The third-order valence-corrected chi connectivity index (χ3v) is 3.96. The molecule has 1 aliphatic rings. The first kappa shape index (κ1) is 15.6. The van der Waals surface area contributed by atoms with Crippen molar-refractivity contribution in [2.24, 2.45) is 0 Å². The molecule has 0 saturated carbocycles. The van der Waals surface area contributed by atoms with Gasteiger partial charge >= 0.3 is 0 Å². The fourth-order valence-corrected chi connectivity index (χ4v) is 3.04. The van der Waals surface area contributed by atoms with Gasteiger partial charge in [-0.3, -0.25) is 4.79 Å². The van der Waals surface area contributed by atoms with Gasteiger partial charge in [0.15, 0.2) is 0 Å². The molecule has 1 fully saturated rings. The number of carbonyl (C=O) groups excluding carboxylic acids is 1. The minimum absolute atomic E-state index is 0.210. The summed E-state index contributed by atoms with van der Waals surface area (Å²) in [5, 5.41) is 9.99. The standard InChI is InChI=1S/C17H18FN3O2/c1-10-6-15(20-11(2)19-10)17(23)21-9-14(22)8-16(21)12-4-3-5-13(18)7-12/h3-7,14,16,22H,8-9H2,1-2H3/t14-,16+/m0/s1. The molecule has 1 N–H and O–H groups in total. The molecule has 0 bridgehead atoms. The lowest BCUT2D eigenvalue weighted by Gasteiger charge is -2.24. The average Bonchev–Trinajstić information content (AvgIpc) is 2.87. The van der Waals surface area contributed by atoms with Crippen LogP contribution in [-0.2, 0) is 0 Å². The Morgan fingerprint density at radius 3 is 2.78 bits per heavy atom. The molecular formula is C17H18FN3O2. The van der Waals surface area contributed by atoms with E-state index in [-0.39, 0.29) is 24.3 Å². The lowest BCUT2D eigenvalue weighted by atomic mass is 10.0. The van der Waals surface area contributed by atoms with Gasteiger partial charge in [-0.1, -0.05) is 12.1 Å². The van der Waals surface area contributed by atoms with Crippen LogP contribution in [0.15, 0.2) is 30.3 Å². The monoisotopic (exact) mass is 315 g/mol. The van der Waals surface area contributed by atoms with Gasteiger partial charge in [0.05, 0.1) is 12.1 Å². The molecule has 1 aliphatic heterocycles. The van der Waals surface area contributed by atoms with Crippen molar-refractivity contribution in [2.75, 3.05) is 6.54 Å². The summed E-state index contributed by atoms with van der Waals surface area (Å²) in [4.78, 5) is 22.7. The molecule has 120 valence electrons. The van der Waals surface area contributed by atoms with Gasteiger partial charge < -0.3 is 10.0 Å². The summed E-state index contributed by atoms with van der Waals surface area (Å²) in [6.45, 7) is 3.74. The fourth-order valence-electron chi connectivity index (χ4n) is 3.04. The molecule has 0 radical (unpaired) electrons. The van der Waals surface area contributed by atoms with Crippen LogP contribution in [0.25, 0.3) is 0 Å². The molecule has 0 unspecified atom stereocenters. The van der Waals surface area contributed by atoms with Gasteiger partial charge in [-0.2, -0.15) is 0 Å². The Morgan fingerprint density at radius 2 is 2.09 bits per heavy atom. The number of rotatable bonds is 2. The van der Waals surface area contributed by atoms with Crippen LogP contribution in [0.5, 0.6) is 0 Å². The van der Waals surface area contributed by atoms with E-state index in [1.165, 1.54) is 12.1 Å². The second-order valence-corrected chi connectivity index (χ2v) is 5.86. The number of carbonyl (C=O) groups is 1. The Balaban J connectivity index is 1.94. The van der Waals surface area contributed by atoms with Gasteiger partial charge in [0, 0.05) is 12.2 Å². The summed E-state index contributed by atoms with van der Waals surface area (Å²) >= 11 is 0. The van der Waals surface area contributed by atoms with Crippen LogP contribution < -0.4 is 0 Å². The maximum Gasteiger partial charge on any atom is 0.273 e. The normalized spacial score (nSPS) is 20.8. The van der Waals surface area contributed by atoms with E-state index >= 15 is 0 Å². The van der Waals surface area contributed by atoms with Crippen molar-refractivity contribution in [2.45, 2.75) is 32.4 Å². The number of aromatic nitrogens is 2. The number of β-amino-alcohol motifs (C(OH)–C–C–N with tert-alkyl or cyclic N) is 1. The third kappa shape index (κ3) is 3.22. The number of hydrogen-bond donors (Lipinski definition) is 1. The summed E-state index contributed by atoms with van der Waals surface area (Å²) in [6, 6.07) is 7.41. The smallest absolute Gasteiger partial charge is 0.273 e. The quantitative estimate of drug-likeness (QED) is 0.922. The van der Waals surface area contributed by atoms with Gasteiger partial charge in [0.25, 0.3) is 5.91 Å². The number of aliphatic hydroxyl groups excluding tert-OH is 1. The Hall–Kier alpha value is -2.34. The Bertz CT molecular complexity index is 730. The molecule has 23 heavy (non-hydrogen) atoms. The average molecular weight is 315 g/mol. The topological polar surface area (TPSA) is 66.3 Å². The van der Waals surface area contributed by atoms with Crippen molar-refractivity contribution in [3.05, 3.63) is 58.9 Å². The number of likely N-dealkylation sites (tertiary alicyclic amines) is 1. The highest BCUT2D eigenvalue weighted by Crippen LogP contribution is 2.33. The Morgan fingerprint density at radius 1 is 1.30 bits per heavy atom. The summed E-state index contributed by atoms with van der Waals surface area (Å²) in [5.74, 6) is -0.107. The maximum absolute atomic E-state index is 13.5. The molecule has 1 aromatic heterocycles. The summed E-state index contributed by atoms with van der Waals surface area (Å²) in [7, 11) is 0. The van der Waals surface area contributed by atoms with Gasteiger partial charge in [-0.25, -0.2) is 14.4 Å². The molecule has 0 spiro atoms. The Kier molecular flexibility index (Phi) is 4.09. The first-order chi connectivity index (χ1) is 10.9. The van der Waals surface area contributed by atoms with Crippen LogP contribution in [0.2, 0.25) is 0 Å². The molecule has 5 nitrogen and oxygen atoms in total. The SMILES string of the molecule is Cc1cc(C(=O)N2C[C@@H](O)C[C@@H]2c2cccc(F)c2)nc(C)n1. The number of nitrogens with zero attached hydrogens (tertiary/aromatic N) is 3. The predicted molar refractivity (Wildman–Crippen MR) is 82.3 cm³/mol. The maximum atomic E-state index is 13.5. The number of hydrogen-bond acceptors (Lipinski definition) is 4. The van der Waals surface area contributed by atoms with Crippen LogP contribution in [0.3, 0.4) is 0 Å². The van der Waals surface area contributed by atoms with Crippen molar-refractivity contribution in [1.82, 2.24) is 14.9 Å². The summed E-state index contributed by atoms with van der Waals surface area (Å²) < 4.78 is 13.5. The van der Waals surface area contributed by atoms with E-state index in [1.54, 1.807) is 36.9 Å². The minimum atomic E-state index is -0.628. The molecule has 0 aliphatic carbocycles. The number of amides is 1. The van der Waals surface area contributed by atoms with Gasteiger partial charge in [-0.05, 0) is 44.0 Å². The fraction of sp³-hybridized carbons (Fsp3) is 0.353. The number of aryl methyl sites for hydroxylation is 2. The summed E-state index contributed by atoms with van der Waals surface area (Å²) in [5.41, 5.74) is 1.69. The van der Waals surface area contributed by atoms with Crippen LogP contribution >= 0.6 is 0 Å². The zero-order chi connectivity index (χ0) is 16.6. The minimum Gasteiger partial charge on any atom is -0.391 e. The predicted octanol–water partition coefficient (Wildman–Crippen LogP) is 2.18. The second kappa shape index (κ2) is 6.04. The van der Waals surface area contributed by atoms with E-state index in [2.05, 4.69) is 9.97 Å². The first-order valence-electron chi connectivity index (χ1n) is 7.51. The number of benzene rings is 1. The van der Waals surface area contributed by atoms with E-state index in [9.17, 15) is 14.3 Å². The molecule has 2 atom stereocenters.